The third-order valence-corrected chi connectivity index (χ3v) is 3.05. The molecule has 1 unspecified atom stereocenters. The second-order valence-corrected chi connectivity index (χ2v) is 4.66. The minimum Gasteiger partial charge on any atom is -0.467 e. The maximum absolute atomic E-state index is 4.97. The Morgan fingerprint density at radius 3 is 2.24 bits per heavy atom. The smallest absolute Gasteiger partial charge is 0.324 e. The van der Waals surface area contributed by atoms with Crippen LogP contribution in [0.3, 0.4) is 0 Å². The van der Waals surface area contributed by atoms with Crippen LogP contribution in [0.1, 0.15) is 13.8 Å². The predicted octanol–water partition coefficient (Wildman–Crippen LogP) is 1.44. The Bertz CT molecular complexity index is 329. The molecule has 1 N–H and O–H groups in total. The number of nitrogens with one attached hydrogen (secondary N) is 1. The Balaban J connectivity index is 2.68. The molecule has 0 spiro atoms. The summed E-state index contributed by atoms with van der Waals surface area (Å²) in [5, 5.41) is 3.18. The summed E-state index contributed by atoms with van der Waals surface area (Å²) in [5.41, 5.74) is 0. The first-order valence-electron chi connectivity index (χ1n) is 5.38. The van der Waals surface area contributed by atoms with Crippen molar-refractivity contribution in [3.8, 4) is 12.0 Å². The zero-order chi connectivity index (χ0) is 12.7. The number of nitrogens with zero attached hydrogens (tertiary/aromatic N) is 3. The third-order valence-electron chi connectivity index (χ3n) is 1.91. The van der Waals surface area contributed by atoms with Gasteiger partial charge in [-0.3, -0.25) is 0 Å². The van der Waals surface area contributed by atoms with Gasteiger partial charge in [-0.25, -0.2) is 0 Å². The van der Waals surface area contributed by atoms with Crippen LogP contribution in [0.2, 0.25) is 0 Å². The van der Waals surface area contributed by atoms with Crippen molar-refractivity contribution in [1.82, 2.24) is 15.0 Å². The lowest BCUT2D eigenvalue weighted by Gasteiger charge is -2.13. The highest BCUT2D eigenvalue weighted by molar-refractivity contribution is 7.99. The van der Waals surface area contributed by atoms with Gasteiger partial charge in [0, 0.05) is 11.8 Å². The summed E-state index contributed by atoms with van der Waals surface area (Å²) in [6.07, 6.45) is 0. The zero-order valence-electron chi connectivity index (χ0n) is 10.6. The van der Waals surface area contributed by atoms with Crippen molar-refractivity contribution in [2.24, 2.45) is 0 Å². The van der Waals surface area contributed by atoms with Gasteiger partial charge in [0.05, 0.1) is 14.2 Å². The van der Waals surface area contributed by atoms with E-state index in [1.165, 1.54) is 14.2 Å². The highest BCUT2D eigenvalue weighted by Gasteiger charge is 2.09. The average Bonchev–Trinajstić information content (AvgIpc) is 2.35. The number of rotatable bonds is 7. The molecule has 7 heteroatoms. The molecule has 1 aromatic rings. The van der Waals surface area contributed by atoms with Gasteiger partial charge in [0.15, 0.2) is 0 Å². The fourth-order valence-corrected chi connectivity index (χ4v) is 1.81. The van der Waals surface area contributed by atoms with E-state index in [2.05, 4.69) is 34.1 Å². The highest BCUT2D eigenvalue weighted by atomic mass is 32.2. The summed E-state index contributed by atoms with van der Waals surface area (Å²) in [7, 11) is 3.02. The van der Waals surface area contributed by atoms with Gasteiger partial charge in [0.2, 0.25) is 5.95 Å². The Hall–Kier alpha value is -1.24. The molecule has 0 aliphatic rings. The molecule has 0 bridgehead atoms. The van der Waals surface area contributed by atoms with Gasteiger partial charge in [-0.15, -0.1) is 4.98 Å². The van der Waals surface area contributed by atoms with Crippen molar-refractivity contribution in [3.05, 3.63) is 0 Å². The van der Waals surface area contributed by atoms with Crippen molar-refractivity contribution < 1.29 is 9.47 Å². The minimum absolute atomic E-state index is 0.245. The van der Waals surface area contributed by atoms with Gasteiger partial charge in [-0.1, -0.05) is 6.92 Å². The summed E-state index contributed by atoms with van der Waals surface area (Å²) in [5.74, 6) is 2.56. The first kappa shape index (κ1) is 13.8. The monoisotopic (exact) mass is 258 g/mol. The zero-order valence-corrected chi connectivity index (χ0v) is 11.4. The molecule has 1 aromatic heterocycles. The van der Waals surface area contributed by atoms with E-state index in [0.717, 1.165) is 11.5 Å². The minimum atomic E-state index is 0.245. The number of ether oxygens (including phenoxy) is 2. The van der Waals surface area contributed by atoms with Crippen LogP contribution in [0, 0.1) is 0 Å². The van der Waals surface area contributed by atoms with E-state index < -0.39 is 0 Å². The summed E-state index contributed by atoms with van der Waals surface area (Å²) in [6, 6.07) is 0.765. The largest absolute Gasteiger partial charge is 0.467 e. The molecular formula is C10H18N4O2S. The van der Waals surface area contributed by atoms with Crippen LogP contribution >= 0.6 is 11.8 Å². The topological polar surface area (TPSA) is 69.2 Å². The summed E-state index contributed by atoms with van der Waals surface area (Å²) in [4.78, 5) is 12.1. The number of anilines is 1. The molecule has 1 atom stereocenters. The molecule has 0 saturated heterocycles. The number of thioether (sulfide) groups is 1. The first-order chi connectivity index (χ1) is 8.19. The molecule has 0 amide bonds. The first-order valence-corrected chi connectivity index (χ1v) is 6.53. The number of methoxy groups -OCH3 is 2. The fraction of sp³-hybridized carbons (Fsp3) is 0.700. The average molecular weight is 258 g/mol. The summed E-state index contributed by atoms with van der Waals surface area (Å²) in [6.45, 7) is 4.21. The van der Waals surface area contributed by atoms with E-state index in [0.29, 0.717) is 5.95 Å². The van der Waals surface area contributed by atoms with Crippen molar-refractivity contribution in [2.45, 2.75) is 19.9 Å². The normalized spacial score (nSPS) is 12.0. The maximum atomic E-state index is 4.97. The van der Waals surface area contributed by atoms with E-state index in [9.17, 15) is 0 Å². The van der Waals surface area contributed by atoms with Crippen LogP contribution in [-0.2, 0) is 0 Å². The van der Waals surface area contributed by atoms with Crippen LogP contribution in [0.4, 0.5) is 5.95 Å². The third kappa shape index (κ3) is 4.64. The predicted molar refractivity (Wildman–Crippen MR) is 69.0 cm³/mol. The van der Waals surface area contributed by atoms with Crippen molar-refractivity contribution in [1.29, 1.82) is 0 Å². The van der Waals surface area contributed by atoms with E-state index in [-0.39, 0.29) is 18.1 Å². The number of hydrogen-bond acceptors (Lipinski definition) is 7. The Morgan fingerprint density at radius 1 is 1.18 bits per heavy atom. The fourth-order valence-electron chi connectivity index (χ4n) is 1.14. The van der Waals surface area contributed by atoms with Crippen molar-refractivity contribution >= 4 is 17.7 Å². The molecule has 0 radical (unpaired) electrons. The van der Waals surface area contributed by atoms with Gasteiger partial charge >= 0.3 is 12.0 Å². The Kier molecular flexibility index (Phi) is 5.82. The van der Waals surface area contributed by atoms with Crippen LogP contribution in [-0.4, -0.2) is 46.7 Å². The second-order valence-electron chi connectivity index (χ2n) is 3.34. The Morgan fingerprint density at radius 2 is 1.76 bits per heavy atom. The van der Waals surface area contributed by atoms with Gasteiger partial charge in [-0.05, 0) is 12.7 Å². The lowest BCUT2D eigenvalue weighted by molar-refractivity contribution is 0.341. The molecule has 0 aliphatic carbocycles. The molecule has 1 rings (SSSR count). The van der Waals surface area contributed by atoms with Crippen LogP contribution in [0.5, 0.6) is 12.0 Å². The van der Waals surface area contributed by atoms with Crippen LogP contribution in [0.15, 0.2) is 0 Å². The SMILES string of the molecule is CCSCC(C)Nc1nc(OC)nc(OC)n1. The molecule has 17 heavy (non-hydrogen) atoms. The quantitative estimate of drug-likeness (QED) is 0.793. The molecule has 0 saturated carbocycles. The molecular weight excluding hydrogens is 240 g/mol. The molecule has 96 valence electrons. The van der Waals surface area contributed by atoms with E-state index in [4.69, 9.17) is 9.47 Å². The lowest BCUT2D eigenvalue weighted by atomic mass is 10.4. The molecule has 0 aliphatic heterocycles. The van der Waals surface area contributed by atoms with Gasteiger partial charge < -0.3 is 14.8 Å². The van der Waals surface area contributed by atoms with E-state index in [1.54, 1.807) is 0 Å². The van der Waals surface area contributed by atoms with Gasteiger partial charge in [-0.2, -0.15) is 21.7 Å². The molecule has 1 heterocycles. The van der Waals surface area contributed by atoms with Crippen molar-refractivity contribution in [2.75, 3.05) is 31.0 Å². The van der Waals surface area contributed by atoms with Crippen LogP contribution < -0.4 is 14.8 Å². The molecule has 0 aromatic carbocycles. The van der Waals surface area contributed by atoms with Crippen molar-refractivity contribution in [3.63, 3.8) is 0 Å². The highest BCUT2D eigenvalue weighted by Crippen LogP contribution is 2.13. The van der Waals surface area contributed by atoms with E-state index in [1.807, 2.05) is 11.8 Å². The molecule has 0 fully saturated rings. The standard InChI is InChI=1S/C10H18N4O2S/c1-5-17-6-7(2)11-8-12-9(15-3)14-10(13-8)16-4/h7H,5-6H2,1-4H3,(H,11,12,13,14). The molecule has 6 nitrogen and oxygen atoms in total. The van der Waals surface area contributed by atoms with Gasteiger partial charge in [0.1, 0.15) is 0 Å². The van der Waals surface area contributed by atoms with Gasteiger partial charge in [0.25, 0.3) is 0 Å². The Labute approximate surface area is 106 Å². The van der Waals surface area contributed by atoms with E-state index >= 15 is 0 Å². The maximum Gasteiger partial charge on any atom is 0.324 e. The number of aromatic nitrogens is 3. The number of hydrogen-bond donors (Lipinski definition) is 1. The summed E-state index contributed by atoms with van der Waals surface area (Å²) < 4.78 is 9.95. The second kappa shape index (κ2) is 7.16. The van der Waals surface area contributed by atoms with Crippen LogP contribution in [0.25, 0.3) is 0 Å². The summed E-state index contributed by atoms with van der Waals surface area (Å²) >= 11 is 1.86. The lowest BCUT2D eigenvalue weighted by Crippen LogP contribution is -2.20.